The van der Waals surface area contributed by atoms with Crippen molar-refractivity contribution in [3.05, 3.63) is 29.3 Å². The van der Waals surface area contributed by atoms with E-state index in [1.54, 1.807) is 7.11 Å². The number of carbonyl (C=O) groups is 1. The van der Waals surface area contributed by atoms with Crippen LogP contribution in [0.2, 0.25) is 0 Å². The maximum Gasteiger partial charge on any atom is 0.329 e. The number of hydrazine groups is 1. The molecule has 2 rings (SSSR count). The van der Waals surface area contributed by atoms with E-state index in [9.17, 15) is 13.6 Å². The van der Waals surface area contributed by atoms with Crippen molar-refractivity contribution < 1.29 is 27.9 Å². The van der Waals surface area contributed by atoms with E-state index >= 15 is 0 Å². The summed E-state index contributed by atoms with van der Waals surface area (Å²) in [5.74, 6) is -2.54. The average molecular weight is 415 g/mol. The first-order chi connectivity index (χ1) is 13.9. The molecule has 0 atom stereocenters. The normalized spacial score (nSPS) is 14.7. The minimum Gasteiger partial charge on any atom is -0.489 e. The molecule has 7 nitrogen and oxygen atoms in total. The van der Waals surface area contributed by atoms with Crippen LogP contribution in [0, 0.1) is 17.6 Å². The molecule has 9 heteroatoms. The standard InChI is InChI=1S/C20H31F2N3O4/c1-24(10-12-27-3)11-13-28-17-9-8-16(18(21)19(17)22)14-23-25(2)29-20(26)15-6-4-5-7-15/h8-9,15,23H,4-7,10-14H2,1-3H3. The molecule has 0 heterocycles. The summed E-state index contributed by atoms with van der Waals surface area (Å²) in [6.45, 7) is 2.07. The van der Waals surface area contributed by atoms with Crippen molar-refractivity contribution in [2.45, 2.75) is 32.2 Å². The van der Waals surface area contributed by atoms with Gasteiger partial charge in [-0.15, -0.1) is 0 Å². The highest BCUT2D eigenvalue weighted by Gasteiger charge is 2.25. The highest BCUT2D eigenvalue weighted by Crippen LogP contribution is 2.26. The van der Waals surface area contributed by atoms with Gasteiger partial charge in [0, 0.05) is 39.4 Å². The van der Waals surface area contributed by atoms with Crippen LogP contribution >= 0.6 is 0 Å². The minimum atomic E-state index is -1.03. The zero-order chi connectivity index (χ0) is 21.2. The molecule has 1 N–H and O–H groups in total. The first-order valence-corrected chi connectivity index (χ1v) is 9.88. The number of hydrogen-bond donors (Lipinski definition) is 1. The molecule has 1 aliphatic carbocycles. The van der Waals surface area contributed by atoms with E-state index in [-0.39, 0.29) is 36.4 Å². The van der Waals surface area contributed by atoms with Gasteiger partial charge in [-0.2, -0.15) is 4.39 Å². The highest BCUT2D eigenvalue weighted by molar-refractivity contribution is 5.72. The SMILES string of the molecule is COCCN(C)CCOc1ccc(CNN(C)OC(=O)C2CCCC2)c(F)c1F. The Hall–Kier alpha value is -1.81. The van der Waals surface area contributed by atoms with Gasteiger partial charge in [0.05, 0.1) is 12.5 Å². The number of benzene rings is 1. The predicted octanol–water partition coefficient (Wildman–Crippen LogP) is 2.51. The van der Waals surface area contributed by atoms with Crippen LogP contribution in [-0.2, 0) is 20.9 Å². The van der Waals surface area contributed by atoms with Crippen LogP contribution < -0.4 is 10.2 Å². The van der Waals surface area contributed by atoms with Crippen molar-refractivity contribution >= 4 is 5.97 Å². The summed E-state index contributed by atoms with van der Waals surface area (Å²) in [4.78, 5) is 19.1. The first-order valence-electron chi connectivity index (χ1n) is 9.88. The molecule has 0 spiro atoms. The summed E-state index contributed by atoms with van der Waals surface area (Å²) < 4.78 is 38.9. The number of rotatable bonds is 12. The van der Waals surface area contributed by atoms with E-state index in [1.807, 2.05) is 11.9 Å². The number of carbonyl (C=O) groups excluding carboxylic acids is 1. The molecule has 0 bridgehead atoms. The van der Waals surface area contributed by atoms with E-state index in [1.165, 1.54) is 19.2 Å². The number of methoxy groups -OCH3 is 1. The topological polar surface area (TPSA) is 63.3 Å². The van der Waals surface area contributed by atoms with Crippen LogP contribution in [0.25, 0.3) is 0 Å². The monoisotopic (exact) mass is 415 g/mol. The lowest BCUT2D eigenvalue weighted by molar-refractivity contribution is -0.203. The molecule has 1 aliphatic rings. The lowest BCUT2D eigenvalue weighted by atomic mass is 10.1. The molecular weight excluding hydrogens is 384 g/mol. The number of nitrogens with one attached hydrogen (secondary N) is 1. The van der Waals surface area contributed by atoms with Crippen LogP contribution in [0.1, 0.15) is 31.2 Å². The third-order valence-electron chi connectivity index (χ3n) is 4.94. The van der Waals surface area contributed by atoms with E-state index in [4.69, 9.17) is 14.3 Å². The van der Waals surface area contributed by atoms with Crippen LogP contribution in [0.5, 0.6) is 5.75 Å². The van der Waals surface area contributed by atoms with Crippen molar-refractivity contribution in [1.29, 1.82) is 0 Å². The summed E-state index contributed by atoms with van der Waals surface area (Å²) in [6.07, 6.45) is 3.71. The maximum absolute atomic E-state index is 14.3. The zero-order valence-corrected chi connectivity index (χ0v) is 17.4. The van der Waals surface area contributed by atoms with E-state index in [0.29, 0.717) is 13.2 Å². The van der Waals surface area contributed by atoms with Gasteiger partial charge in [-0.3, -0.25) is 0 Å². The number of halogens is 2. The largest absolute Gasteiger partial charge is 0.489 e. The Labute approximate surface area is 170 Å². The summed E-state index contributed by atoms with van der Waals surface area (Å²) in [6, 6.07) is 2.84. The smallest absolute Gasteiger partial charge is 0.329 e. The Morgan fingerprint density at radius 3 is 2.52 bits per heavy atom. The third kappa shape index (κ3) is 7.50. The Bertz CT molecular complexity index is 657. The molecular formula is C20H31F2N3O4. The number of hydrogen-bond acceptors (Lipinski definition) is 7. The molecule has 0 unspecified atom stereocenters. The van der Waals surface area contributed by atoms with Crippen LogP contribution in [0.15, 0.2) is 12.1 Å². The molecule has 0 aliphatic heterocycles. The molecule has 1 saturated carbocycles. The molecule has 0 radical (unpaired) electrons. The van der Waals surface area contributed by atoms with Gasteiger partial charge in [0.15, 0.2) is 11.6 Å². The van der Waals surface area contributed by atoms with E-state index in [2.05, 4.69) is 5.43 Å². The first kappa shape index (κ1) is 23.5. The van der Waals surface area contributed by atoms with Crippen molar-refractivity contribution in [2.24, 2.45) is 5.92 Å². The Balaban J connectivity index is 1.79. The summed E-state index contributed by atoms with van der Waals surface area (Å²) in [5, 5.41) is 1.14. The molecule has 0 amide bonds. The second kappa shape index (κ2) is 12.0. The minimum absolute atomic E-state index is 0.0305. The van der Waals surface area contributed by atoms with Gasteiger partial charge in [0.1, 0.15) is 6.61 Å². The zero-order valence-electron chi connectivity index (χ0n) is 17.4. The van der Waals surface area contributed by atoms with Crippen molar-refractivity contribution in [2.75, 3.05) is 47.5 Å². The van der Waals surface area contributed by atoms with Crippen molar-refractivity contribution in [3.63, 3.8) is 0 Å². The fourth-order valence-electron chi connectivity index (χ4n) is 3.09. The van der Waals surface area contributed by atoms with Crippen LogP contribution in [-0.4, -0.2) is 63.5 Å². The van der Waals surface area contributed by atoms with Gasteiger partial charge in [-0.05, 0) is 26.0 Å². The Kier molecular flexibility index (Phi) is 9.72. The fraction of sp³-hybridized carbons (Fsp3) is 0.650. The summed E-state index contributed by atoms with van der Waals surface area (Å²) in [5.41, 5.74) is 2.85. The van der Waals surface area contributed by atoms with Crippen molar-refractivity contribution in [1.82, 2.24) is 15.5 Å². The molecule has 29 heavy (non-hydrogen) atoms. The van der Waals surface area contributed by atoms with Gasteiger partial charge in [-0.1, -0.05) is 24.1 Å². The second-order valence-electron chi connectivity index (χ2n) is 7.22. The second-order valence-corrected chi connectivity index (χ2v) is 7.22. The Morgan fingerprint density at radius 2 is 1.83 bits per heavy atom. The lowest BCUT2D eigenvalue weighted by Crippen LogP contribution is -2.37. The Morgan fingerprint density at radius 1 is 1.14 bits per heavy atom. The number of likely N-dealkylation sites (N-methyl/N-ethyl adjacent to an activating group) is 1. The molecule has 1 aromatic rings. The van der Waals surface area contributed by atoms with Crippen LogP contribution in [0.4, 0.5) is 8.78 Å². The quantitative estimate of drug-likeness (QED) is 0.526. The maximum atomic E-state index is 14.3. The van der Waals surface area contributed by atoms with Gasteiger partial charge in [-0.25, -0.2) is 14.6 Å². The van der Waals surface area contributed by atoms with Gasteiger partial charge in [0.2, 0.25) is 5.82 Å². The predicted molar refractivity (Wildman–Crippen MR) is 104 cm³/mol. The molecule has 164 valence electrons. The summed E-state index contributed by atoms with van der Waals surface area (Å²) in [7, 11) is 5.03. The van der Waals surface area contributed by atoms with Gasteiger partial charge >= 0.3 is 5.97 Å². The molecule has 1 aromatic carbocycles. The third-order valence-corrected chi connectivity index (χ3v) is 4.94. The fourth-order valence-corrected chi connectivity index (χ4v) is 3.09. The van der Waals surface area contributed by atoms with Crippen molar-refractivity contribution in [3.8, 4) is 5.75 Å². The number of nitrogens with zero attached hydrogens (tertiary/aromatic N) is 2. The molecule has 1 fully saturated rings. The molecule has 0 aromatic heterocycles. The van der Waals surface area contributed by atoms with E-state index in [0.717, 1.165) is 37.4 Å². The van der Waals surface area contributed by atoms with E-state index < -0.39 is 11.6 Å². The summed E-state index contributed by atoms with van der Waals surface area (Å²) >= 11 is 0. The van der Waals surface area contributed by atoms with Gasteiger partial charge in [0.25, 0.3) is 0 Å². The molecule has 0 saturated heterocycles. The lowest BCUT2D eigenvalue weighted by Gasteiger charge is -2.20. The highest BCUT2D eigenvalue weighted by atomic mass is 19.2. The number of hydroxylamine groups is 1. The average Bonchev–Trinajstić information content (AvgIpc) is 3.24. The van der Waals surface area contributed by atoms with Crippen LogP contribution in [0.3, 0.4) is 0 Å². The van der Waals surface area contributed by atoms with Gasteiger partial charge < -0.3 is 19.2 Å². The number of ether oxygens (including phenoxy) is 2.